The summed E-state index contributed by atoms with van der Waals surface area (Å²) in [7, 11) is 0. The second kappa shape index (κ2) is 6.63. The lowest BCUT2D eigenvalue weighted by Crippen LogP contribution is -2.41. The van der Waals surface area contributed by atoms with Crippen molar-refractivity contribution in [2.75, 3.05) is 5.73 Å². The second-order valence-electron chi connectivity index (χ2n) is 6.77. The minimum atomic E-state index is -0.121. The molecule has 24 heavy (non-hydrogen) atoms. The van der Waals surface area contributed by atoms with Crippen LogP contribution in [-0.4, -0.2) is 20.6 Å². The molecule has 0 aliphatic rings. The molecule has 0 spiro atoms. The molecule has 0 saturated heterocycles. The van der Waals surface area contributed by atoms with E-state index < -0.39 is 0 Å². The zero-order valence-corrected chi connectivity index (χ0v) is 14.1. The summed E-state index contributed by atoms with van der Waals surface area (Å²) in [5.74, 6) is 0.471. The van der Waals surface area contributed by atoms with Crippen LogP contribution in [0.15, 0.2) is 42.6 Å². The highest BCUT2D eigenvalue weighted by molar-refractivity contribution is 5.83. The second-order valence-corrected chi connectivity index (χ2v) is 6.77. The van der Waals surface area contributed by atoms with Crippen molar-refractivity contribution in [2.45, 2.75) is 39.0 Å². The lowest BCUT2D eigenvalue weighted by Gasteiger charge is -2.26. The molecule has 0 atom stereocenters. The van der Waals surface area contributed by atoms with Crippen molar-refractivity contribution in [2.24, 2.45) is 0 Å². The zero-order chi connectivity index (χ0) is 17.2. The number of benzene rings is 1. The third kappa shape index (κ3) is 3.58. The Morgan fingerprint density at radius 2 is 1.96 bits per heavy atom. The number of para-hydroxylation sites is 1. The number of anilines is 1. The fourth-order valence-electron chi connectivity index (χ4n) is 2.98. The average molecular weight is 324 g/mol. The molecule has 0 aliphatic carbocycles. The fourth-order valence-corrected chi connectivity index (χ4v) is 2.98. The van der Waals surface area contributed by atoms with Crippen molar-refractivity contribution >= 4 is 16.7 Å². The minimum Gasteiger partial charge on any atom is -0.392 e. The zero-order valence-electron chi connectivity index (χ0n) is 14.1. The Bertz CT molecular complexity index is 838. The Morgan fingerprint density at radius 3 is 2.75 bits per heavy atom. The quantitative estimate of drug-likeness (QED) is 0.561. The summed E-state index contributed by atoms with van der Waals surface area (Å²) in [4.78, 5) is 7.66. The first-order valence-corrected chi connectivity index (χ1v) is 8.14. The van der Waals surface area contributed by atoms with E-state index in [1.54, 1.807) is 6.07 Å². The number of nitrogens with two attached hydrogens (primary N) is 1. The maximum atomic E-state index is 9.45. The van der Waals surface area contributed by atoms with E-state index in [-0.39, 0.29) is 12.1 Å². The van der Waals surface area contributed by atoms with Gasteiger partial charge < -0.3 is 21.1 Å². The number of fused-ring (bicyclic) bond motifs is 1. The molecule has 126 valence electrons. The number of nitrogens with zero attached hydrogens (tertiary/aromatic N) is 1. The van der Waals surface area contributed by atoms with Gasteiger partial charge in [0.15, 0.2) is 0 Å². The molecule has 0 saturated carbocycles. The number of aliphatic hydroxyl groups excluding tert-OH is 1. The Labute approximate surface area is 141 Å². The maximum Gasteiger partial charge on any atom is 0.123 e. The normalized spacial score (nSPS) is 12.0. The first kappa shape index (κ1) is 16.5. The summed E-state index contributed by atoms with van der Waals surface area (Å²) in [6, 6.07) is 11.9. The van der Waals surface area contributed by atoms with Crippen LogP contribution in [0.3, 0.4) is 0 Å². The number of pyridine rings is 1. The van der Waals surface area contributed by atoms with Crippen LogP contribution in [0.5, 0.6) is 0 Å². The summed E-state index contributed by atoms with van der Waals surface area (Å²) in [6.07, 6.45) is 2.96. The molecule has 5 N–H and O–H groups in total. The average Bonchev–Trinajstić information content (AvgIpc) is 2.96. The van der Waals surface area contributed by atoms with Gasteiger partial charge in [-0.05, 0) is 38.0 Å². The van der Waals surface area contributed by atoms with Crippen molar-refractivity contribution in [1.82, 2.24) is 15.3 Å². The summed E-state index contributed by atoms with van der Waals surface area (Å²) in [6.45, 7) is 4.86. The van der Waals surface area contributed by atoms with Gasteiger partial charge >= 0.3 is 0 Å². The highest BCUT2D eigenvalue weighted by Gasteiger charge is 2.20. The van der Waals surface area contributed by atoms with Gasteiger partial charge in [0.2, 0.25) is 0 Å². The van der Waals surface area contributed by atoms with Crippen LogP contribution in [0.25, 0.3) is 10.9 Å². The molecule has 0 unspecified atom stereocenters. The first-order valence-electron chi connectivity index (χ1n) is 8.14. The molecule has 0 aliphatic heterocycles. The van der Waals surface area contributed by atoms with Crippen LogP contribution >= 0.6 is 0 Å². The Balaban J connectivity index is 1.73. The van der Waals surface area contributed by atoms with Gasteiger partial charge in [-0.15, -0.1) is 0 Å². The minimum absolute atomic E-state index is 0.0346. The summed E-state index contributed by atoms with van der Waals surface area (Å²) < 4.78 is 0. The van der Waals surface area contributed by atoms with Gasteiger partial charge in [-0.3, -0.25) is 0 Å². The molecule has 5 nitrogen and oxygen atoms in total. The highest BCUT2D eigenvalue weighted by atomic mass is 16.3. The smallest absolute Gasteiger partial charge is 0.123 e. The Hall–Kier alpha value is -2.37. The van der Waals surface area contributed by atoms with E-state index in [1.807, 2.05) is 12.1 Å². The Kier molecular flexibility index (Phi) is 4.55. The number of H-pyrrole nitrogens is 1. The van der Waals surface area contributed by atoms with Gasteiger partial charge in [0.05, 0.1) is 12.3 Å². The molecule has 3 aromatic rings. The number of rotatable bonds is 6. The van der Waals surface area contributed by atoms with Gasteiger partial charge in [-0.1, -0.05) is 24.3 Å². The van der Waals surface area contributed by atoms with E-state index >= 15 is 0 Å². The van der Waals surface area contributed by atoms with Gasteiger partial charge in [0.25, 0.3) is 0 Å². The van der Waals surface area contributed by atoms with Crippen LogP contribution in [0.1, 0.15) is 30.7 Å². The van der Waals surface area contributed by atoms with Crippen LogP contribution in [0.4, 0.5) is 5.82 Å². The number of nitrogens with one attached hydrogen (secondary N) is 2. The van der Waals surface area contributed by atoms with E-state index in [1.165, 1.54) is 10.9 Å². The fraction of sp³-hybridized carbons (Fsp3) is 0.316. The van der Waals surface area contributed by atoms with Gasteiger partial charge in [0, 0.05) is 34.7 Å². The third-order valence-electron chi connectivity index (χ3n) is 4.30. The van der Waals surface area contributed by atoms with E-state index in [2.05, 4.69) is 53.5 Å². The van der Waals surface area contributed by atoms with Crippen LogP contribution in [0.2, 0.25) is 0 Å². The lowest BCUT2D eigenvalue weighted by molar-refractivity contribution is 0.278. The van der Waals surface area contributed by atoms with E-state index in [0.29, 0.717) is 12.4 Å². The molecule has 0 fully saturated rings. The monoisotopic (exact) mass is 324 g/mol. The SMILES string of the molecule is CC(C)(Cc1c[nH]c2ccccc12)NCc1nc(N)ccc1CO. The van der Waals surface area contributed by atoms with Crippen molar-refractivity contribution in [3.63, 3.8) is 0 Å². The molecule has 3 rings (SSSR count). The molecular weight excluding hydrogens is 300 g/mol. The molecule has 2 heterocycles. The van der Waals surface area contributed by atoms with Crippen LogP contribution in [0, 0.1) is 0 Å². The van der Waals surface area contributed by atoms with Crippen molar-refractivity contribution in [1.29, 1.82) is 0 Å². The third-order valence-corrected chi connectivity index (χ3v) is 4.30. The first-order chi connectivity index (χ1) is 11.5. The predicted octanol–water partition coefficient (Wildman–Crippen LogP) is 2.75. The van der Waals surface area contributed by atoms with Gasteiger partial charge in [-0.25, -0.2) is 4.98 Å². The standard InChI is InChI=1S/C19H24N4O/c1-19(2,9-14-10-21-16-6-4-3-5-15(14)16)22-11-17-13(12-24)7-8-18(20)23-17/h3-8,10,21-22,24H,9,11-12H2,1-2H3,(H2,20,23). The number of aromatic nitrogens is 2. The van der Waals surface area contributed by atoms with Crippen LogP contribution in [-0.2, 0) is 19.6 Å². The number of aliphatic hydroxyl groups is 1. The molecular formula is C19H24N4O. The van der Waals surface area contributed by atoms with Gasteiger partial charge in [0.1, 0.15) is 5.82 Å². The van der Waals surface area contributed by atoms with E-state index in [0.717, 1.165) is 23.2 Å². The van der Waals surface area contributed by atoms with Crippen molar-refractivity contribution in [3.8, 4) is 0 Å². The highest BCUT2D eigenvalue weighted by Crippen LogP contribution is 2.22. The molecule has 1 aromatic carbocycles. The number of nitrogen functional groups attached to an aromatic ring is 1. The Morgan fingerprint density at radius 1 is 1.17 bits per heavy atom. The van der Waals surface area contributed by atoms with Crippen molar-refractivity contribution < 1.29 is 5.11 Å². The number of aromatic amines is 1. The van der Waals surface area contributed by atoms with Crippen LogP contribution < -0.4 is 11.1 Å². The number of hydrogen-bond acceptors (Lipinski definition) is 4. The predicted molar refractivity (Wildman–Crippen MR) is 97.5 cm³/mol. The van der Waals surface area contributed by atoms with E-state index in [4.69, 9.17) is 5.73 Å². The maximum absolute atomic E-state index is 9.45. The molecule has 0 amide bonds. The largest absolute Gasteiger partial charge is 0.392 e. The molecule has 0 bridgehead atoms. The van der Waals surface area contributed by atoms with Crippen molar-refractivity contribution in [3.05, 3.63) is 59.4 Å². The molecule has 0 radical (unpaired) electrons. The summed E-state index contributed by atoms with van der Waals surface area (Å²) in [5.41, 5.74) is 9.69. The van der Waals surface area contributed by atoms with Gasteiger partial charge in [-0.2, -0.15) is 0 Å². The topological polar surface area (TPSA) is 87.0 Å². The molecule has 5 heteroatoms. The molecule has 2 aromatic heterocycles. The van der Waals surface area contributed by atoms with E-state index in [9.17, 15) is 5.11 Å². The number of hydrogen-bond donors (Lipinski definition) is 4. The summed E-state index contributed by atoms with van der Waals surface area (Å²) in [5, 5.41) is 14.2. The lowest BCUT2D eigenvalue weighted by atomic mass is 9.94. The summed E-state index contributed by atoms with van der Waals surface area (Å²) >= 11 is 0.